The summed E-state index contributed by atoms with van der Waals surface area (Å²) in [6, 6.07) is -5.71. The first-order valence-electron chi connectivity index (χ1n) is 27.9. The van der Waals surface area contributed by atoms with Gasteiger partial charge in [-0.2, -0.15) is 0 Å². The van der Waals surface area contributed by atoms with E-state index < -0.39 is 114 Å². The van der Waals surface area contributed by atoms with Crippen LogP contribution in [0.1, 0.15) is 175 Å². The molecule has 76 heavy (non-hydrogen) atoms. The minimum Gasteiger partial charge on any atom is -0.461 e. The van der Waals surface area contributed by atoms with Gasteiger partial charge in [0.1, 0.15) is 12.1 Å². The minimum atomic E-state index is -1.25. The summed E-state index contributed by atoms with van der Waals surface area (Å²) in [5.74, 6) is -8.96. The number of carbonyl (C=O) groups is 10. The first-order chi connectivity index (χ1) is 35.2. The Kier molecular flexibility index (Phi) is 32.6. The number of likely N-dealkylation sites (N-methyl/N-ethyl adjacent to an activating group) is 3. The second-order valence-corrected chi connectivity index (χ2v) is 23.3. The SMILES string of the molecule is C/C=C/C[C@@H](C)[C@@H](OC(C)=O)[C@H](CC(=O)C(C(C)C)N(C)C(=O)[C@@H](CC(=O)[C@H](CC(C)C)N(C)C(=O)[C@@H](C)NC(=O)[C@H](C)CC(=O)[C@@H](CC(C)C)N(C)C(=O)[C@@H](N)C(C)C)CC(C)C)C(=O)N[C@@H](CC)C(=O)CCCO. The van der Waals surface area contributed by atoms with Gasteiger partial charge in [0.15, 0.2) is 23.1 Å². The van der Waals surface area contributed by atoms with Crippen molar-refractivity contribution in [3.63, 3.8) is 0 Å². The molecular weight excluding hydrogens is 973 g/mol. The van der Waals surface area contributed by atoms with Gasteiger partial charge < -0.3 is 40.9 Å². The second kappa shape index (κ2) is 34.8. The molecule has 0 bridgehead atoms. The molecule has 0 aliphatic rings. The molecule has 0 aliphatic carbocycles. The molecule has 0 rings (SSSR count). The zero-order chi connectivity index (χ0) is 59.1. The maximum Gasteiger partial charge on any atom is 0.302 e. The van der Waals surface area contributed by atoms with Crippen LogP contribution in [0.2, 0.25) is 0 Å². The molecule has 0 aromatic carbocycles. The Morgan fingerprint density at radius 3 is 1.58 bits per heavy atom. The van der Waals surface area contributed by atoms with Crippen LogP contribution in [0.15, 0.2) is 12.2 Å². The van der Waals surface area contributed by atoms with Crippen molar-refractivity contribution in [3.05, 3.63) is 12.2 Å². The number of nitrogens with zero attached hydrogens (tertiary/aromatic N) is 3. The van der Waals surface area contributed by atoms with Crippen molar-refractivity contribution in [2.45, 2.75) is 217 Å². The van der Waals surface area contributed by atoms with Crippen LogP contribution in [0.5, 0.6) is 0 Å². The number of rotatable bonds is 37. The second-order valence-electron chi connectivity index (χ2n) is 23.3. The molecule has 5 N–H and O–H groups in total. The van der Waals surface area contributed by atoms with Gasteiger partial charge in [-0.25, -0.2) is 0 Å². The molecule has 0 saturated carbocycles. The Hall–Kier alpha value is -4.84. The number of ether oxygens (including phenoxy) is 1. The predicted molar refractivity (Wildman–Crippen MR) is 296 cm³/mol. The number of nitrogens with one attached hydrogen (secondary N) is 2. The lowest BCUT2D eigenvalue weighted by molar-refractivity contribution is -0.157. The van der Waals surface area contributed by atoms with Gasteiger partial charge in [-0.3, -0.25) is 47.9 Å². The standard InChI is InChI=1S/C58H102N6O12/c1-20-22-24-38(13)53(76-41(16)66)43(55(72)61-44(21-2)47(67)25-23-26-65)32-50(70)52(37(11)12)64(19)57(74)42(27-33(3)4)31-49(69)46(29-35(7)8)62(17)56(73)40(15)60-54(71)39(14)30-48(68)45(28-34(5)6)63(18)58(75)51(59)36(9)10/h20,22,33-40,42-46,51-53,65H,21,23-32,59H2,1-19H3,(H,60,71)(H,61,72)/b22-20+/t38-,39-,40-,42-,43+,44+,45-,46+,51+,52?,53-/m1/s1. The van der Waals surface area contributed by atoms with Gasteiger partial charge in [0.05, 0.1) is 36.1 Å². The molecule has 0 fully saturated rings. The third-order valence-corrected chi connectivity index (χ3v) is 14.2. The molecule has 18 heteroatoms. The fraction of sp³-hybridized carbons (Fsp3) is 0.793. The van der Waals surface area contributed by atoms with Crippen molar-refractivity contribution >= 4 is 58.6 Å². The third kappa shape index (κ3) is 23.4. The highest BCUT2D eigenvalue weighted by Gasteiger charge is 2.43. The molecule has 0 radical (unpaired) electrons. The Labute approximate surface area is 456 Å². The predicted octanol–water partition coefficient (Wildman–Crippen LogP) is 6.27. The van der Waals surface area contributed by atoms with E-state index >= 15 is 0 Å². The van der Waals surface area contributed by atoms with Crippen LogP contribution in [0.4, 0.5) is 0 Å². The van der Waals surface area contributed by atoms with Gasteiger partial charge in [0.2, 0.25) is 29.5 Å². The van der Waals surface area contributed by atoms with Crippen LogP contribution >= 0.6 is 0 Å². The van der Waals surface area contributed by atoms with E-state index in [1.165, 1.54) is 42.6 Å². The third-order valence-electron chi connectivity index (χ3n) is 14.2. The van der Waals surface area contributed by atoms with E-state index in [0.717, 1.165) is 0 Å². The lowest BCUT2D eigenvalue weighted by Crippen LogP contribution is -2.54. The first kappa shape index (κ1) is 71.2. The van der Waals surface area contributed by atoms with E-state index in [4.69, 9.17) is 10.5 Å². The maximum absolute atomic E-state index is 14.8. The number of carbonyl (C=O) groups excluding carboxylic acids is 10. The molecule has 436 valence electrons. The molecule has 0 aromatic rings. The number of hydrogen-bond acceptors (Lipinski definition) is 13. The van der Waals surface area contributed by atoms with Gasteiger partial charge >= 0.3 is 5.97 Å². The largest absolute Gasteiger partial charge is 0.461 e. The summed E-state index contributed by atoms with van der Waals surface area (Å²) in [5, 5.41) is 14.9. The maximum atomic E-state index is 14.8. The van der Waals surface area contributed by atoms with Crippen LogP contribution < -0.4 is 16.4 Å². The smallest absolute Gasteiger partial charge is 0.302 e. The van der Waals surface area contributed by atoms with Crippen molar-refractivity contribution in [3.8, 4) is 0 Å². The molecule has 0 aliphatic heterocycles. The van der Waals surface area contributed by atoms with Gasteiger partial charge in [-0.05, 0) is 87.9 Å². The summed E-state index contributed by atoms with van der Waals surface area (Å²) in [7, 11) is 4.52. The number of esters is 1. The van der Waals surface area contributed by atoms with E-state index in [9.17, 15) is 53.1 Å². The number of Topliss-reactive ketones (excluding diaryl/α,β-unsaturated/α-hetero) is 4. The van der Waals surface area contributed by atoms with Crippen molar-refractivity contribution < 1.29 is 57.8 Å². The van der Waals surface area contributed by atoms with Crippen molar-refractivity contribution in [1.82, 2.24) is 25.3 Å². The Morgan fingerprint density at radius 2 is 1.13 bits per heavy atom. The summed E-state index contributed by atoms with van der Waals surface area (Å²) >= 11 is 0. The highest BCUT2D eigenvalue weighted by atomic mass is 16.5. The van der Waals surface area contributed by atoms with E-state index in [-0.39, 0.29) is 98.5 Å². The number of allylic oxidation sites excluding steroid dienone is 2. The molecular formula is C58H102N6O12. The van der Waals surface area contributed by atoms with E-state index in [1.54, 1.807) is 41.7 Å². The van der Waals surface area contributed by atoms with Crippen LogP contribution in [0.3, 0.4) is 0 Å². The number of aliphatic hydroxyl groups excluding tert-OH is 1. The molecule has 0 spiro atoms. The molecule has 0 heterocycles. The quantitative estimate of drug-likeness (QED) is 0.0396. The zero-order valence-electron chi connectivity index (χ0n) is 50.0. The molecule has 1 unspecified atom stereocenters. The Balaban J connectivity index is 6.85. The molecule has 18 nitrogen and oxygen atoms in total. The van der Waals surface area contributed by atoms with Gasteiger partial charge in [-0.1, -0.05) is 102 Å². The highest BCUT2D eigenvalue weighted by molar-refractivity contribution is 5.98. The number of ketones is 4. The number of amides is 5. The fourth-order valence-electron chi connectivity index (χ4n) is 9.75. The average molecular weight is 1080 g/mol. The van der Waals surface area contributed by atoms with Crippen molar-refractivity contribution in [2.24, 2.45) is 59.0 Å². The molecule has 5 amide bonds. The van der Waals surface area contributed by atoms with E-state index in [2.05, 4.69) is 10.6 Å². The minimum absolute atomic E-state index is 0.0255. The van der Waals surface area contributed by atoms with E-state index in [1.807, 2.05) is 74.5 Å². The summed E-state index contributed by atoms with van der Waals surface area (Å²) in [4.78, 5) is 143. The van der Waals surface area contributed by atoms with Crippen LogP contribution in [-0.2, 0) is 52.7 Å². The summed E-state index contributed by atoms with van der Waals surface area (Å²) < 4.78 is 5.80. The highest BCUT2D eigenvalue weighted by Crippen LogP contribution is 2.30. The van der Waals surface area contributed by atoms with Gasteiger partial charge in [-0.15, -0.1) is 0 Å². The Morgan fingerprint density at radius 1 is 0.618 bits per heavy atom. The van der Waals surface area contributed by atoms with Gasteiger partial charge in [0, 0.05) is 72.2 Å². The normalized spacial score (nSPS) is 16.2. The zero-order valence-corrected chi connectivity index (χ0v) is 50.0. The van der Waals surface area contributed by atoms with Gasteiger partial charge in [0.25, 0.3) is 0 Å². The molecule has 0 aromatic heterocycles. The topological polar surface area (TPSA) is 260 Å². The van der Waals surface area contributed by atoms with Crippen molar-refractivity contribution in [2.75, 3.05) is 27.7 Å². The summed E-state index contributed by atoms with van der Waals surface area (Å²) in [5.41, 5.74) is 6.15. The monoisotopic (exact) mass is 1070 g/mol. The molecule has 11 atom stereocenters. The lowest BCUT2D eigenvalue weighted by Gasteiger charge is -2.36. The van der Waals surface area contributed by atoms with Crippen LogP contribution in [0.25, 0.3) is 0 Å². The number of aliphatic hydroxyl groups is 1. The van der Waals surface area contributed by atoms with Crippen LogP contribution in [0, 0.1) is 53.3 Å². The summed E-state index contributed by atoms with van der Waals surface area (Å²) in [6.07, 6.45) is 3.44. The summed E-state index contributed by atoms with van der Waals surface area (Å²) in [6.45, 7) is 28.1. The lowest BCUT2D eigenvalue weighted by atomic mass is 9.82. The van der Waals surface area contributed by atoms with Crippen LogP contribution in [-0.4, -0.2) is 149 Å². The Bertz CT molecular complexity index is 1950. The number of nitrogens with two attached hydrogens (primary N) is 1. The fourth-order valence-corrected chi connectivity index (χ4v) is 9.75. The average Bonchev–Trinajstić information content (AvgIpc) is 3.33. The number of hydrogen-bond donors (Lipinski definition) is 4. The first-order valence-corrected chi connectivity index (χ1v) is 27.9. The van der Waals surface area contributed by atoms with Crippen molar-refractivity contribution in [1.29, 1.82) is 0 Å². The van der Waals surface area contributed by atoms with E-state index in [0.29, 0.717) is 12.8 Å². The molecule has 0 saturated heterocycles.